The summed E-state index contributed by atoms with van der Waals surface area (Å²) in [5.41, 5.74) is 2.65. The molecule has 0 saturated heterocycles. The second kappa shape index (κ2) is 8.94. The first-order valence-corrected chi connectivity index (χ1v) is 10.8. The van der Waals surface area contributed by atoms with E-state index in [0.29, 0.717) is 35.2 Å². The molecule has 0 spiro atoms. The van der Waals surface area contributed by atoms with Crippen LogP contribution in [0.25, 0.3) is 11.1 Å². The summed E-state index contributed by atoms with van der Waals surface area (Å²) < 4.78 is 17.1. The number of carbonyl (C=O) groups is 1. The molecular weight excluding hydrogens is 409 g/mol. The number of rotatable bonds is 5. The lowest BCUT2D eigenvalue weighted by molar-refractivity contribution is 0.185. The molecule has 4 rings (SSSR count). The first-order valence-electron chi connectivity index (χ1n) is 10.8. The average molecular weight is 435 g/mol. The van der Waals surface area contributed by atoms with Gasteiger partial charge in [0.15, 0.2) is 0 Å². The van der Waals surface area contributed by atoms with Crippen LogP contribution in [-0.2, 0) is 12.8 Å². The number of carboxylic acid groups (broad SMARTS) is 1. The van der Waals surface area contributed by atoms with Gasteiger partial charge in [0.1, 0.15) is 5.82 Å². The number of nitrogens with zero attached hydrogens (tertiary/aromatic N) is 2. The predicted octanol–water partition coefficient (Wildman–Crippen LogP) is 4.54. The van der Waals surface area contributed by atoms with Crippen LogP contribution in [0.3, 0.4) is 0 Å². The Balaban J connectivity index is 1.80. The molecule has 0 aliphatic heterocycles. The Morgan fingerprint density at radius 1 is 1.22 bits per heavy atom. The third-order valence-corrected chi connectivity index (χ3v) is 6.13. The minimum absolute atomic E-state index is 0.0908. The minimum Gasteiger partial charge on any atom is -0.465 e. The van der Waals surface area contributed by atoms with Crippen LogP contribution in [0.2, 0.25) is 0 Å². The van der Waals surface area contributed by atoms with Crippen LogP contribution in [0, 0.1) is 5.82 Å². The zero-order chi connectivity index (χ0) is 22.8. The standard InChI is InChI=1S/C25H26FN3O3/c1-15(2)29-14-27-21-12-11-20(28-25(31)32)19(22(21)24(29)30)13-17-9-6-10-18(23(17)26)16-7-4-3-5-8-16/h3-10,14-15,19-20,28H,11-13H2,1-2H3,(H,31,32)/t19-,20-/m0/s1. The molecular formula is C25H26FN3O3. The third kappa shape index (κ3) is 4.15. The van der Waals surface area contributed by atoms with Crippen molar-refractivity contribution in [2.24, 2.45) is 0 Å². The van der Waals surface area contributed by atoms with Gasteiger partial charge in [-0.15, -0.1) is 0 Å². The second-order valence-corrected chi connectivity index (χ2v) is 8.46. The van der Waals surface area contributed by atoms with E-state index in [1.807, 2.05) is 44.2 Å². The van der Waals surface area contributed by atoms with Crippen LogP contribution in [0.5, 0.6) is 0 Å². The highest BCUT2D eigenvalue weighted by Crippen LogP contribution is 2.34. The van der Waals surface area contributed by atoms with Crippen molar-refractivity contribution in [3.63, 3.8) is 0 Å². The Kier molecular flexibility index (Phi) is 6.08. The van der Waals surface area contributed by atoms with Gasteiger partial charge in [-0.05, 0) is 44.2 Å². The highest BCUT2D eigenvalue weighted by Gasteiger charge is 2.35. The Morgan fingerprint density at radius 2 is 1.97 bits per heavy atom. The second-order valence-electron chi connectivity index (χ2n) is 8.46. The Hall–Kier alpha value is -3.48. The molecule has 1 heterocycles. The lowest BCUT2D eigenvalue weighted by Gasteiger charge is -2.33. The van der Waals surface area contributed by atoms with E-state index in [9.17, 15) is 14.7 Å². The number of halogens is 1. The summed E-state index contributed by atoms with van der Waals surface area (Å²) >= 11 is 0. The van der Waals surface area contributed by atoms with Crippen molar-refractivity contribution in [1.29, 1.82) is 0 Å². The highest BCUT2D eigenvalue weighted by molar-refractivity contribution is 5.66. The maximum absolute atomic E-state index is 15.6. The van der Waals surface area contributed by atoms with Crippen LogP contribution in [0.1, 0.15) is 49.0 Å². The molecule has 6 nitrogen and oxygen atoms in total. The largest absolute Gasteiger partial charge is 0.465 e. The Bertz CT molecular complexity index is 1190. The molecule has 1 aliphatic rings. The highest BCUT2D eigenvalue weighted by atomic mass is 19.1. The first kappa shape index (κ1) is 21.7. The van der Waals surface area contributed by atoms with Gasteiger partial charge < -0.3 is 10.4 Å². The van der Waals surface area contributed by atoms with E-state index in [-0.39, 0.29) is 23.8 Å². The summed E-state index contributed by atoms with van der Waals surface area (Å²) in [6, 6.07) is 13.9. The number of aryl methyl sites for hydroxylation is 1. The van der Waals surface area contributed by atoms with Crippen molar-refractivity contribution in [2.45, 2.75) is 51.1 Å². The monoisotopic (exact) mass is 435 g/mol. The van der Waals surface area contributed by atoms with Gasteiger partial charge in [-0.25, -0.2) is 14.2 Å². The average Bonchev–Trinajstić information content (AvgIpc) is 2.76. The predicted molar refractivity (Wildman–Crippen MR) is 120 cm³/mol. The van der Waals surface area contributed by atoms with Gasteiger partial charge in [0.2, 0.25) is 0 Å². The molecule has 166 valence electrons. The molecule has 0 radical (unpaired) electrons. The van der Waals surface area contributed by atoms with E-state index in [1.165, 1.54) is 0 Å². The SMILES string of the molecule is CC(C)n1cnc2c(c1=O)[C@@H](Cc1cccc(-c3ccccc3)c1F)[C@@H](NC(=O)O)CC2. The third-order valence-electron chi connectivity index (χ3n) is 6.13. The molecule has 0 saturated carbocycles. The number of aromatic nitrogens is 2. The topological polar surface area (TPSA) is 84.2 Å². The van der Waals surface area contributed by atoms with Crippen LogP contribution in [0.15, 0.2) is 59.7 Å². The fourth-order valence-electron chi connectivity index (χ4n) is 4.54. The molecule has 0 unspecified atom stereocenters. The van der Waals surface area contributed by atoms with Crippen molar-refractivity contribution >= 4 is 6.09 Å². The molecule has 2 atom stereocenters. The zero-order valence-corrected chi connectivity index (χ0v) is 18.1. The van der Waals surface area contributed by atoms with Crippen molar-refractivity contribution in [3.8, 4) is 11.1 Å². The molecule has 3 aromatic rings. The first-order chi connectivity index (χ1) is 15.4. The lowest BCUT2D eigenvalue weighted by atomic mass is 9.78. The molecule has 1 aliphatic carbocycles. The minimum atomic E-state index is -1.16. The fraction of sp³-hybridized carbons (Fsp3) is 0.320. The number of fused-ring (bicyclic) bond motifs is 1. The lowest BCUT2D eigenvalue weighted by Crippen LogP contribution is -2.45. The Labute approximate surface area is 185 Å². The van der Waals surface area contributed by atoms with E-state index >= 15 is 4.39 Å². The number of hydrogen-bond acceptors (Lipinski definition) is 3. The number of benzene rings is 2. The van der Waals surface area contributed by atoms with E-state index in [4.69, 9.17) is 0 Å². The molecule has 32 heavy (non-hydrogen) atoms. The van der Waals surface area contributed by atoms with Crippen LogP contribution in [0.4, 0.5) is 9.18 Å². The Morgan fingerprint density at radius 3 is 2.66 bits per heavy atom. The van der Waals surface area contributed by atoms with Gasteiger partial charge in [0.05, 0.1) is 12.0 Å². The van der Waals surface area contributed by atoms with Gasteiger partial charge in [-0.3, -0.25) is 9.36 Å². The van der Waals surface area contributed by atoms with Crippen LogP contribution in [-0.4, -0.2) is 26.8 Å². The van der Waals surface area contributed by atoms with E-state index in [0.717, 1.165) is 5.56 Å². The molecule has 7 heteroatoms. The summed E-state index contributed by atoms with van der Waals surface area (Å²) in [6.45, 7) is 3.78. The molecule has 2 aromatic carbocycles. The van der Waals surface area contributed by atoms with Gasteiger partial charge in [0, 0.05) is 29.1 Å². The van der Waals surface area contributed by atoms with Gasteiger partial charge in [-0.2, -0.15) is 0 Å². The molecule has 0 fully saturated rings. The molecule has 1 amide bonds. The summed E-state index contributed by atoms with van der Waals surface area (Å²) in [5.74, 6) is -0.866. The van der Waals surface area contributed by atoms with E-state index < -0.39 is 18.1 Å². The van der Waals surface area contributed by atoms with Crippen molar-refractivity contribution in [1.82, 2.24) is 14.9 Å². The summed E-state index contributed by atoms with van der Waals surface area (Å²) in [6.07, 6.45) is 1.59. The maximum Gasteiger partial charge on any atom is 0.404 e. The molecule has 2 N–H and O–H groups in total. The number of nitrogens with one attached hydrogen (secondary N) is 1. The number of hydrogen-bond donors (Lipinski definition) is 2. The zero-order valence-electron chi connectivity index (χ0n) is 18.1. The van der Waals surface area contributed by atoms with Crippen LogP contribution >= 0.6 is 0 Å². The van der Waals surface area contributed by atoms with Crippen LogP contribution < -0.4 is 10.9 Å². The summed E-state index contributed by atoms with van der Waals surface area (Å²) in [5, 5.41) is 11.9. The van der Waals surface area contributed by atoms with Gasteiger partial charge >= 0.3 is 6.09 Å². The van der Waals surface area contributed by atoms with E-state index in [1.54, 1.807) is 29.1 Å². The van der Waals surface area contributed by atoms with E-state index in [2.05, 4.69) is 10.3 Å². The smallest absolute Gasteiger partial charge is 0.404 e. The quantitative estimate of drug-likeness (QED) is 0.616. The summed E-state index contributed by atoms with van der Waals surface area (Å²) in [7, 11) is 0. The normalized spacial score (nSPS) is 17.8. The van der Waals surface area contributed by atoms with Gasteiger partial charge in [0.25, 0.3) is 5.56 Å². The van der Waals surface area contributed by atoms with Gasteiger partial charge in [-0.1, -0.05) is 48.5 Å². The van der Waals surface area contributed by atoms with Crippen molar-refractivity contribution in [2.75, 3.05) is 0 Å². The molecule has 1 aromatic heterocycles. The fourth-order valence-corrected chi connectivity index (χ4v) is 4.54. The maximum atomic E-state index is 15.6. The van der Waals surface area contributed by atoms with Crippen molar-refractivity contribution in [3.05, 3.63) is 87.9 Å². The molecule has 0 bridgehead atoms. The number of amides is 1. The van der Waals surface area contributed by atoms with Crippen molar-refractivity contribution < 1.29 is 14.3 Å². The summed E-state index contributed by atoms with van der Waals surface area (Å²) in [4.78, 5) is 29.3.